The molecule has 0 amide bonds. The molecule has 2 rings (SSSR count). The van der Waals surface area contributed by atoms with Crippen molar-refractivity contribution in [2.75, 3.05) is 37.1 Å². The Bertz CT molecular complexity index is 646. The predicted octanol–water partition coefficient (Wildman–Crippen LogP) is 2.22. The minimum atomic E-state index is -2.94. The minimum absolute atomic E-state index is 0.0540. The zero-order chi connectivity index (χ0) is 16.9. The van der Waals surface area contributed by atoms with Gasteiger partial charge in [0.1, 0.15) is 0 Å². The maximum absolute atomic E-state index is 11.8. The molecule has 1 fully saturated rings. The molecule has 1 aliphatic heterocycles. The lowest BCUT2D eigenvalue weighted by Crippen LogP contribution is -2.44. The summed E-state index contributed by atoms with van der Waals surface area (Å²) in [5.74, 6) is 0.418. The molecule has 0 aliphatic carbocycles. The molecule has 128 valence electrons. The highest BCUT2D eigenvalue weighted by Gasteiger charge is 2.33. The average Bonchev–Trinajstić information content (AvgIpc) is 2.83. The van der Waals surface area contributed by atoms with Crippen molar-refractivity contribution in [2.45, 2.75) is 25.8 Å². The van der Waals surface area contributed by atoms with E-state index in [0.717, 1.165) is 17.7 Å². The number of nitrogens with zero attached hydrogens (tertiary/aromatic N) is 1. The lowest BCUT2D eigenvalue weighted by molar-refractivity contribution is 0.181. The van der Waals surface area contributed by atoms with Crippen molar-refractivity contribution in [2.24, 2.45) is 0 Å². The molecule has 0 spiro atoms. The van der Waals surface area contributed by atoms with Gasteiger partial charge < -0.3 is 15.0 Å². The second kappa shape index (κ2) is 8.08. The maximum atomic E-state index is 11.8. The average molecular weight is 357 g/mol. The van der Waals surface area contributed by atoms with Crippen molar-refractivity contribution in [3.8, 4) is 0 Å². The van der Waals surface area contributed by atoms with Crippen LogP contribution in [0.25, 0.3) is 0 Å². The van der Waals surface area contributed by atoms with E-state index in [2.05, 4.69) is 5.32 Å². The topological polar surface area (TPSA) is 58.6 Å². The monoisotopic (exact) mass is 356 g/mol. The Kier molecular flexibility index (Phi) is 6.38. The number of anilines is 1. The van der Waals surface area contributed by atoms with E-state index >= 15 is 0 Å². The van der Waals surface area contributed by atoms with Crippen LogP contribution in [0.3, 0.4) is 0 Å². The van der Waals surface area contributed by atoms with Crippen molar-refractivity contribution in [3.05, 3.63) is 29.8 Å². The first-order valence-electron chi connectivity index (χ1n) is 7.75. The summed E-state index contributed by atoms with van der Waals surface area (Å²) in [4.78, 5) is 2.00. The van der Waals surface area contributed by atoms with Crippen LogP contribution in [-0.2, 0) is 14.6 Å². The van der Waals surface area contributed by atoms with Crippen LogP contribution in [0.5, 0.6) is 0 Å². The number of sulfone groups is 1. The predicted molar refractivity (Wildman–Crippen MR) is 97.7 cm³/mol. The molecule has 1 aromatic carbocycles. The van der Waals surface area contributed by atoms with Crippen LogP contribution in [-0.4, -0.2) is 56.2 Å². The summed E-state index contributed by atoms with van der Waals surface area (Å²) in [5, 5.41) is 3.81. The van der Waals surface area contributed by atoms with E-state index in [1.54, 1.807) is 7.11 Å². The number of benzene rings is 1. The molecule has 1 atom stereocenters. The number of aryl methyl sites for hydroxylation is 1. The summed E-state index contributed by atoms with van der Waals surface area (Å²) in [6.45, 7) is 3.34. The molecule has 0 unspecified atom stereocenters. The number of thiocarbonyl (C=S) groups is 1. The summed E-state index contributed by atoms with van der Waals surface area (Å²) in [7, 11) is -1.28. The standard InChI is InChI=1S/C16H24N2O3S2/c1-13-5-3-6-14(11-13)17-16(22)18(8-4-9-21-2)15-7-10-23(19,20)12-15/h3,5-6,11,15H,4,7-10,12H2,1-2H3,(H,17,22)/t15-/m0/s1. The van der Waals surface area contributed by atoms with Gasteiger partial charge in [0, 0.05) is 32.0 Å². The Labute approximate surface area is 143 Å². The van der Waals surface area contributed by atoms with Crippen molar-refractivity contribution < 1.29 is 13.2 Å². The molecule has 1 aromatic rings. The fraction of sp³-hybridized carbons (Fsp3) is 0.562. The Balaban J connectivity index is 2.07. The summed E-state index contributed by atoms with van der Waals surface area (Å²) in [5.41, 5.74) is 2.07. The van der Waals surface area contributed by atoms with E-state index in [4.69, 9.17) is 17.0 Å². The lowest BCUT2D eigenvalue weighted by atomic mass is 10.2. The van der Waals surface area contributed by atoms with Gasteiger partial charge in [0.05, 0.1) is 11.5 Å². The molecule has 1 aliphatic rings. The fourth-order valence-corrected chi connectivity index (χ4v) is 4.86. The van der Waals surface area contributed by atoms with E-state index in [9.17, 15) is 8.42 Å². The van der Waals surface area contributed by atoms with Gasteiger partial charge in [0.25, 0.3) is 0 Å². The second-order valence-corrected chi connectivity index (χ2v) is 8.51. The second-order valence-electron chi connectivity index (χ2n) is 5.90. The molecule has 1 N–H and O–H groups in total. The summed E-state index contributed by atoms with van der Waals surface area (Å²) >= 11 is 5.54. The largest absolute Gasteiger partial charge is 0.385 e. The third kappa shape index (κ3) is 5.44. The van der Waals surface area contributed by atoms with Crippen LogP contribution in [0, 0.1) is 6.92 Å². The fourth-order valence-electron chi connectivity index (χ4n) is 2.77. The summed E-state index contributed by atoms with van der Waals surface area (Å²) < 4.78 is 28.7. The number of methoxy groups -OCH3 is 1. The molecule has 0 radical (unpaired) electrons. The van der Waals surface area contributed by atoms with Crippen LogP contribution in [0.15, 0.2) is 24.3 Å². The van der Waals surface area contributed by atoms with Gasteiger partial charge in [-0.2, -0.15) is 0 Å². The Morgan fingerprint density at radius 2 is 2.26 bits per heavy atom. The van der Waals surface area contributed by atoms with Gasteiger partial charge in [-0.1, -0.05) is 12.1 Å². The molecular weight excluding hydrogens is 332 g/mol. The molecule has 7 heteroatoms. The van der Waals surface area contributed by atoms with Gasteiger partial charge >= 0.3 is 0 Å². The third-order valence-electron chi connectivity index (χ3n) is 3.93. The molecule has 0 aromatic heterocycles. The molecule has 1 saturated heterocycles. The third-order valence-corrected chi connectivity index (χ3v) is 6.01. The number of nitrogens with one attached hydrogen (secondary N) is 1. The smallest absolute Gasteiger partial charge is 0.173 e. The highest BCUT2D eigenvalue weighted by Crippen LogP contribution is 2.20. The van der Waals surface area contributed by atoms with Crippen LogP contribution in [0.4, 0.5) is 5.69 Å². The van der Waals surface area contributed by atoms with E-state index in [1.165, 1.54) is 0 Å². The molecular formula is C16H24N2O3S2. The van der Waals surface area contributed by atoms with Gasteiger partial charge in [-0.05, 0) is 49.7 Å². The molecule has 0 bridgehead atoms. The molecule has 5 nitrogen and oxygen atoms in total. The number of ether oxygens (including phenoxy) is 1. The number of hydrogen-bond acceptors (Lipinski definition) is 4. The Morgan fingerprint density at radius 1 is 1.48 bits per heavy atom. The summed E-state index contributed by atoms with van der Waals surface area (Å²) in [6.07, 6.45) is 1.44. The van der Waals surface area contributed by atoms with Crippen molar-refractivity contribution in [1.82, 2.24) is 4.90 Å². The van der Waals surface area contributed by atoms with Crippen LogP contribution < -0.4 is 5.32 Å². The number of rotatable bonds is 6. The first-order chi connectivity index (χ1) is 10.9. The van der Waals surface area contributed by atoms with Crippen LogP contribution in [0.2, 0.25) is 0 Å². The van der Waals surface area contributed by atoms with Crippen molar-refractivity contribution >= 4 is 32.9 Å². The summed E-state index contributed by atoms with van der Waals surface area (Å²) in [6, 6.07) is 7.91. The van der Waals surface area contributed by atoms with Gasteiger partial charge in [0.2, 0.25) is 0 Å². The van der Waals surface area contributed by atoms with E-state index in [-0.39, 0.29) is 17.5 Å². The normalized spacial score (nSPS) is 19.5. The van der Waals surface area contributed by atoms with E-state index < -0.39 is 9.84 Å². The highest BCUT2D eigenvalue weighted by atomic mass is 32.2. The van der Waals surface area contributed by atoms with Crippen LogP contribution in [0.1, 0.15) is 18.4 Å². The SMILES string of the molecule is COCCCN(C(=S)Nc1cccc(C)c1)[C@H]1CCS(=O)(=O)C1. The maximum Gasteiger partial charge on any atom is 0.173 e. The van der Waals surface area contributed by atoms with Crippen molar-refractivity contribution in [1.29, 1.82) is 0 Å². The zero-order valence-corrected chi connectivity index (χ0v) is 15.3. The van der Waals surface area contributed by atoms with Gasteiger partial charge in [-0.15, -0.1) is 0 Å². The highest BCUT2D eigenvalue weighted by molar-refractivity contribution is 7.91. The van der Waals surface area contributed by atoms with Gasteiger partial charge in [-0.3, -0.25) is 0 Å². The van der Waals surface area contributed by atoms with Gasteiger partial charge in [-0.25, -0.2) is 8.42 Å². The quantitative estimate of drug-likeness (QED) is 0.623. The first kappa shape index (κ1) is 18.2. The van der Waals surface area contributed by atoms with Crippen molar-refractivity contribution in [3.63, 3.8) is 0 Å². The lowest BCUT2D eigenvalue weighted by Gasteiger charge is -2.31. The van der Waals surface area contributed by atoms with E-state index in [0.29, 0.717) is 24.7 Å². The molecule has 23 heavy (non-hydrogen) atoms. The number of hydrogen-bond donors (Lipinski definition) is 1. The Hall–Kier alpha value is -1.18. The zero-order valence-electron chi connectivity index (χ0n) is 13.6. The molecule has 1 heterocycles. The van der Waals surface area contributed by atoms with Gasteiger partial charge in [0.15, 0.2) is 14.9 Å². The van der Waals surface area contributed by atoms with E-state index in [1.807, 2.05) is 36.1 Å². The van der Waals surface area contributed by atoms with Crippen LogP contribution >= 0.6 is 12.2 Å². The minimum Gasteiger partial charge on any atom is -0.385 e. The first-order valence-corrected chi connectivity index (χ1v) is 9.98. The molecule has 0 saturated carbocycles. The Morgan fingerprint density at radius 3 is 2.87 bits per heavy atom.